The molecule has 1 aromatic heterocycles. The van der Waals surface area contributed by atoms with E-state index in [1.165, 1.54) is 12.1 Å². The monoisotopic (exact) mass is 291 g/mol. The first-order valence-electron chi connectivity index (χ1n) is 6.66. The summed E-state index contributed by atoms with van der Waals surface area (Å²) in [4.78, 5) is 25.3. The predicted molar refractivity (Wildman–Crippen MR) is 78.0 cm³/mol. The highest BCUT2D eigenvalue weighted by atomic mass is 16.6. The van der Waals surface area contributed by atoms with E-state index in [-0.39, 0.29) is 30.7 Å². The Morgan fingerprint density at radius 2 is 2.29 bits per heavy atom. The van der Waals surface area contributed by atoms with E-state index >= 15 is 0 Å². The Labute approximate surface area is 121 Å². The van der Waals surface area contributed by atoms with Crippen molar-refractivity contribution in [2.24, 2.45) is 0 Å². The van der Waals surface area contributed by atoms with Crippen LogP contribution < -0.4 is 5.32 Å². The summed E-state index contributed by atoms with van der Waals surface area (Å²) in [6.45, 7) is 1.83. The minimum Gasteiger partial charge on any atom is -0.396 e. The summed E-state index contributed by atoms with van der Waals surface area (Å²) in [6, 6.07) is 4.41. The van der Waals surface area contributed by atoms with Gasteiger partial charge >= 0.3 is 0 Å². The number of aromatic nitrogens is 1. The molecule has 0 fully saturated rings. The number of rotatable bonds is 6. The van der Waals surface area contributed by atoms with Gasteiger partial charge in [-0.3, -0.25) is 14.9 Å². The van der Waals surface area contributed by atoms with Gasteiger partial charge in [0, 0.05) is 41.9 Å². The molecule has 7 heteroatoms. The van der Waals surface area contributed by atoms with E-state index in [9.17, 15) is 14.9 Å². The van der Waals surface area contributed by atoms with E-state index in [0.29, 0.717) is 17.4 Å². The van der Waals surface area contributed by atoms with E-state index in [1.807, 2.05) is 6.92 Å². The molecule has 0 aliphatic heterocycles. The molecule has 0 aliphatic rings. The van der Waals surface area contributed by atoms with Gasteiger partial charge in [-0.25, -0.2) is 0 Å². The van der Waals surface area contributed by atoms with Crippen LogP contribution in [0.25, 0.3) is 10.9 Å². The summed E-state index contributed by atoms with van der Waals surface area (Å²) >= 11 is 0. The maximum Gasteiger partial charge on any atom is 0.270 e. The zero-order valence-corrected chi connectivity index (χ0v) is 11.6. The Kier molecular flexibility index (Phi) is 4.54. The second-order valence-corrected chi connectivity index (χ2v) is 4.96. The molecule has 2 rings (SSSR count). The van der Waals surface area contributed by atoms with Gasteiger partial charge in [-0.15, -0.1) is 0 Å². The molecule has 1 heterocycles. The summed E-state index contributed by atoms with van der Waals surface area (Å²) in [5.74, 6) is -0.177. The normalized spacial score (nSPS) is 12.3. The molecule has 0 unspecified atom stereocenters. The predicted octanol–water partition coefficient (Wildman–Crippen LogP) is 1.51. The van der Waals surface area contributed by atoms with Crippen molar-refractivity contribution in [2.75, 3.05) is 6.61 Å². The number of fused-ring (bicyclic) bond motifs is 1. The Bertz CT molecular complexity index is 665. The van der Waals surface area contributed by atoms with Crippen molar-refractivity contribution in [2.45, 2.75) is 25.8 Å². The number of nitro groups is 1. The minimum atomic E-state index is -0.459. The number of carbonyl (C=O) groups excluding carboxylic acids is 1. The number of benzene rings is 1. The summed E-state index contributed by atoms with van der Waals surface area (Å²) in [6.07, 6.45) is 2.31. The van der Waals surface area contributed by atoms with Gasteiger partial charge in [-0.2, -0.15) is 0 Å². The number of hydrogen-bond donors (Lipinski definition) is 3. The Morgan fingerprint density at radius 1 is 1.52 bits per heavy atom. The smallest absolute Gasteiger partial charge is 0.270 e. The topological polar surface area (TPSA) is 108 Å². The SMILES string of the molecule is C[C@H](CCO)NC(=O)Cc1c[nH]c2ccc([N+](=O)[O-])cc12. The number of aromatic amines is 1. The Hall–Kier alpha value is -2.41. The van der Waals surface area contributed by atoms with Crippen molar-refractivity contribution in [3.8, 4) is 0 Å². The number of aliphatic hydroxyl groups is 1. The van der Waals surface area contributed by atoms with Crippen LogP contribution in [0.15, 0.2) is 24.4 Å². The number of nitro benzene ring substituents is 1. The molecule has 1 amide bonds. The molecule has 0 radical (unpaired) electrons. The number of amides is 1. The van der Waals surface area contributed by atoms with Crippen LogP contribution in [0.4, 0.5) is 5.69 Å². The van der Waals surface area contributed by atoms with E-state index in [2.05, 4.69) is 10.3 Å². The average molecular weight is 291 g/mol. The Balaban J connectivity index is 2.16. The number of non-ortho nitro benzene ring substituents is 1. The van der Waals surface area contributed by atoms with E-state index in [1.54, 1.807) is 12.3 Å². The molecular formula is C14H17N3O4. The van der Waals surface area contributed by atoms with Gasteiger partial charge in [0.1, 0.15) is 0 Å². The lowest BCUT2D eigenvalue weighted by Crippen LogP contribution is -2.34. The Morgan fingerprint density at radius 3 is 2.95 bits per heavy atom. The number of nitrogens with one attached hydrogen (secondary N) is 2. The lowest BCUT2D eigenvalue weighted by Gasteiger charge is -2.11. The average Bonchev–Trinajstić information content (AvgIpc) is 2.81. The van der Waals surface area contributed by atoms with Gasteiger partial charge in [0.2, 0.25) is 5.91 Å². The fourth-order valence-electron chi connectivity index (χ4n) is 2.19. The third-order valence-electron chi connectivity index (χ3n) is 3.28. The van der Waals surface area contributed by atoms with Crippen LogP contribution in [0.3, 0.4) is 0 Å². The molecule has 0 saturated heterocycles. The molecule has 7 nitrogen and oxygen atoms in total. The lowest BCUT2D eigenvalue weighted by molar-refractivity contribution is -0.384. The van der Waals surface area contributed by atoms with Gasteiger partial charge in [-0.1, -0.05) is 0 Å². The molecule has 112 valence electrons. The summed E-state index contributed by atoms with van der Waals surface area (Å²) < 4.78 is 0. The lowest BCUT2D eigenvalue weighted by atomic mass is 10.1. The van der Waals surface area contributed by atoms with Crippen LogP contribution >= 0.6 is 0 Å². The molecule has 0 bridgehead atoms. The highest BCUT2D eigenvalue weighted by Gasteiger charge is 2.14. The summed E-state index contributed by atoms with van der Waals surface area (Å²) in [5, 5.41) is 23.1. The molecule has 0 spiro atoms. The second-order valence-electron chi connectivity index (χ2n) is 4.96. The zero-order valence-electron chi connectivity index (χ0n) is 11.6. The van der Waals surface area contributed by atoms with Crippen molar-refractivity contribution >= 4 is 22.5 Å². The van der Waals surface area contributed by atoms with E-state index in [0.717, 1.165) is 5.52 Å². The standard InChI is InChI=1S/C14H17N3O4/c1-9(4-5-18)16-14(19)6-10-8-15-13-3-2-11(17(20)21)7-12(10)13/h2-3,7-9,15,18H,4-6H2,1H3,(H,16,19)/t9-/m1/s1. The quantitative estimate of drug-likeness (QED) is 0.553. The number of aliphatic hydroxyl groups excluding tert-OH is 1. The molecule has 1 atom stereocenters. The summed E-state index contributed by atoms with van der Waals surface area (Å²) in [5.41, 5.74) is 1.46. The number of carbonyl (C=O) groups is 1. The van der Waals surface area contributed by atoms with Crippen molar-refractivity contribution in [1.29, 1.82) is 0 Å². The van der Waals surface area contributed by atoms with Crippen LogP contribution in [0.1, 0.15) is 18.9 Å². The van der Waals surface area contributed by atoms with Crippen molar-refractivity contribution < 1.29 is 14.8 Å². The molecular weight excluding hydrogens is 274 g/mol. The number of nitrogens with zero attached hydrogens (tertiary/aromatic N) is 1. The van der Waals surface area contributed by atoms with Gasteiger partial charge < -0.3 is 15.4 Å². The first-order valence-corrected chi connectivity index (χ1v) is 6.66. The van der Waals surface area contributed by atoms with Crippen LogP contribution in [-0.2, 0) is 11.2 Å². The highest BCUT2D eigenvalue weighted by molar-refractivity contribution is 5.90. The van der Waals surface area contributed by atoms with Crippen LogP contribution in [-0.4, -0.2) is 33.6 Å². The van der Waals surface area contributed by atoms with Crippen molar-refractivity contribution in [3.63, 3.8) is 0 Å². The molecule has 0 saturated carbocycles. The molecule has 21 heavy (non-hydrogen) atoms. The molecule has 1 aromatic carbocycles. The van der Waals surface area contributed by atoms with Crippen LogP contribution in [0.5, 0.6) is 0 Å². The third-order valence-corrected chi connectivity index (χ3v) is 3.28. The fourth-order valence-corrected chi connectivity index (χ4v) is 2.19. The van der Waals surface area contributed by atoms with E-state index < -0.39 is 4.92 Å². The highest BCUT2D eigenvalue weighted by Crippen LogP contribution is 2.24. The maximum absolute atomic E-state index is 11.9. The van der Waals surface area contributed by atoms with Crippen LogP contribution in [0, 0.1) is 10.1 Å². The largest absolute Gasteiger partial charge is 0.396 e. The van der Waals surface area contributed by atoms with Gasteiger partial charge in [0.15, 0.2) is 0 Å². The molecule has 2 aromatic rings. The summed E-state index contributed by atoms with van der Waals surface area (Å²) in [7, 11) is 0. The maximum atomic E-state index is 11.9. The first-order chi connectivity index (χ1) is 10.0. The van der Waals surface area contributed by atoms with Gasteiger partial charge in [-0.05, 0) is 25.0 Å². The third kappa shape index (κ3) is 3.57. The van der Waals surface area contributed by atoms with Gasteiger partial charge in [0.25, 0.3) is 5.69 Å². The first kappa shape index (κ1) is 15.0. The van der Waals surface area contributed by atoms with Crippen molar-refractivity contribution in [1.82, 2.24) is 10.3 Å². The van der Waals surface area contributed by atoms with Gasteiger partial charge in [0.05, 0.1) is 11.3 Å². The second kappa shape index (κ2) is 6.36. The van der Waals surface area contributed by atoms with Crippen molar-refractivity contribution in [3.05, 3.63) is 40.1 Å². The fraction of sp³-hybridized carbons (Fsp3) is 0.357. The number of hydrogen-bond acceptors (Lipinski definition) is 4. The minimum absolute atomic E-state index is 0.00240. The molecule has 3 N–H and O–H groups in total. The van der Waals surface area contributed by atoms with Crippen LogP contribution in [0.2, 0.25) is 0 Å². The van der Waals surface area contributed by atoms with E-state index in [4.69, 9.17) is 5.11 Å². The number of H-pyrrole nitrogens is 1. The molecule has 0 aliphatic carbocycles. The zero-order chi connectivity index (χ0) is 15.4.